The standard InChI is InChI=1S/C23H27FN4/c1-15(2)28-22(11-12-25-28)21-14-18(16(3)27-23(4,5)6)13-20(26-21)17-7-9-19(24)10-8-17/h7-15,27H,3H2,1-2,4-6H3. The summed E-state index contributed by atoms with van der Waals surface area (Å²) in [5.74, 6) is -0.267. The van der Waals surface area contributed by atoms with Gasteiger partial charge in [0.25, 0.3) is 0 Å². The summed E-state index contributed by atoms with van der Waals surface area (Å²) in [5.41, 5.74) is 5.00. The smallest absolute Gasteiger partial charge is 0.123 e. The Morgan fingerprint density at radius 2 is 1.71 bits per heavy atom. The van der Waals surface area contributed by atoms with E-state index in [0.717, 1.165) is 33.9 Å². The van der Waals surface area contributed by atoms with E-state index in [-0.39, 0.29) is 17.4 Å². The minimum Gasteiger partial charge on any atom is -0.380 e. The molecule has 0 aliphatic rings. The van der Waals surface area contributed by atoms with Crippen LogP contribution in [0.5, 0.6) is 0 Å². The molecule has 2 heterocycles. The molecule has 5 heteroatoms. The second-order valence-electron chi connectivity index (χ2n) is 8.24. The van der Waals surface area contributed by atoms with E-state index in [1.165, 1.54) is 12.1 Å². The fraction of sp³-hybridized carbons (Fsp3) is 0.304. The van der Waals surface area contributed by atoms with E-state index in [2.05, 4.69) is 51.6 Å². The quantitative estimate of drug-likeness (QED) is 0.620. The first-order valence-electron chi connectivity index (χ1n) is 9.43. The van der Waals surface area contributed by atoms with Crippen LogP contribution in [-0.4, -0.2) is 20.3 Å². The van der Waals surface area contributed by atoms with Crippen LogP contribution in [-0.2, 0) is 0 Å². The number of nitrogens with one attached hydrogen (secondary N) is 1. The first-order valence-corrected chi connectivity index (χ1v) is 9.43. The Morgan fingerprint density at radius 3 is 2.32 bits per heavy atom. The molecule has 1 N–H and O–H groups in total. The van der Waals surface area contributed by atoms with Crippen LogP contribution in [0.3, 0.4) is 0 Å². The van der Waals surface area contributed by atoms with E-state index in [0.29, 0.717) is 0 Å². The normalized spacial score (nSPS) is 11.7. The highest BCUT2D eigenvalue weighted by molar-refractivity contribution is 5.73. The molecule has 0 unspecified atom stereocenters. The molecule has 0 radical (unpaired) electrons. The van der Waals surface area contributed by atoms with Gasteiger partial charge in [-0.2, -0.15) is 5.10 Å². The molecule has 0 saturated carbocycles. The summed E-state index contributed by atoms with van der Waals surface area (Å²) >= 11 is 0. The highest BCUT2D eigenvalue weighted by atomic mass is 19.1. The second kappa shape index (κ2) is 7.58. The van der Waals surface area contributed by atoms with Crippen molar-refractivity contribution < 1.29 is 4.39 Å². The highest BCUT2D eigenvalue weighted by Crippen LogP contribution is 2.28. The van der Waals surface area contributed by atoms with Crippen LogP contribution in [0.15, 0.2) is 55.2 Å². The van der Waals surface area contributed by atoms with Crippen molar-refractivity contribution in [3.63, 3.8) is 0 Å². The Bertz CT molecular complexity index is 979. The molecule has 1 aromatic carbocycles. The van der Waals surface area contributed by atoms with Gasteiger partial charge in [-0.15, -0.1) is 0 Å². The molecule has 0 aliphatic carbocycles. The number of hydrogen-bond acceptors (Lipinski definition) is 3. The molecule has 0 atom stereocenters. The maximum atomic E-state index is 13.4. The van der Waals surface area contributed by atoms with Gasteiger partial charge in [-0.25, -0.2) is 9.37 Å². The van der Waals surface area contributed by atoms with E-state index in [4.69, 9.17) is 4.98 Å². The van der Waals surface area contributed by atoms with Gasteiger partial charge < -0.3 is 5.32 Å². The Balaban J connectivity index is 2.15. The summed E-state index contributed by atoms with van der Waals surface area (Å²) in [6.45, 7) is 14.7. The van der Waals surface area contributed by atoms with Gasteiger partial charge in [-0.3, -0.25) is 4.68 Å². The number of hydrogen-bond donors (Lipinski definition) is 1. The molecule has 0 saturated heterocycles. The van der Waals surface area contributed by atoms with Crippen LogP contribution in [0.1, 0.15) is 46.2 Å². The van der Waals surface area contributed by atoms with E-state index >= 15 is 0 Å². The predicted molar refractivity (Wildman–Crippen MR) is 113 cm³/mol. The van der Waals surface area contributed by atoms with E-state index in [1.54, 1.807) is 18.3 Å². The molecule has 0 spiro atoms. The van der Waals surface area contributed by atoms with Crippen molar-refractivity contribution in [3.05, 3.63) is 66.6 Å². The van der Waals surface area contributed by atoms with Crippen LogP contribution < -0.4 is 5.32 Å². The van der Waals surface area contributed by atoms with Crippen LogP contribution in [0, 0.1) is 5.82 Å². The maximum Gasteiger partial charge on any atom is 0.123 e. The topological polar surface area (TPSA) is 42.7 Å². The van der Waals surface area contributed by atoms with Crippen molar-refractivity contribution in [2.45, 2.75) is 46.2 Å². The first kappa shape index (κ1) is 19.8. The van der Waals surface area contributed by atoms with Gasteiger partial charge in [0.2, 0.25) is 0 Å². The van der Waals surface area contributed by atoms with Gasteiger partial charge in [0.05, 0.1) is 17.1 Å². The molecule has 3 aromatic rings. The van der Waals surface area contributed by atoms with Gasteiger partial charge in [-0.1, -0.05) is 6.58 Å². The van der Waals surface area contributed by atoms with Crippen molar-refractivity contribution in [2.24, 2.45) is 0 Å². The number of halogens is 1. The number of pyridine rings is 1. The molecule has 0 bridgehead atoms. The lowest BCUT2D eigenvalue weighted by molar-refractivity contribution is 0.502. The Hall–Kier alpha value is -2.95. The molecular weight excluding hydrogens is 351 g/mol. The third-order valence-electron chi connectivity index (χ3n) is 4.26. The van der Waals surface area contributed by atoms with Crippen LogP contribution in [0.25, 0.3) is 28.3 Å². The fourth-order valence-electron chi connectivity index (χ4n) is 3.06. The second-order valence-corrected chi connectivity index (χ2v) is 8.24. The van der Waals surface area contributed by atoms with Gasteiger partial charge in [-0.05, 0) is 77.1 Å². The summed E-state index contributed by atoms with van der Waals surface area (Å²) in [6, 6.07) is 12.5. The third-order valence-corrected chi connectivity index (χ3v) is 4.26. The maximum absolute atomic E-state index is 13.4. The Morgan fingerprint density at radius 1 is 1.07 bits per heavy atom. The van der Waals surface area contributed by atoms with E-state index in [9.17, 15) is 4.39 Å². The summed E-state index contributed by atoms with van der Waals surface area (Å²) in [4.78, 5) is 4.85. The SMILES string of the molecule is C=C(NC(C)(C)C)c1cc(-c2ccc(F)cc2)nc(-c2ccnn2C(C)C)c1. The number of nitrogens with zero attached hydrogens (tertiary/aromatic N) is 3. The molecule has 0 fully saturated rings. The summed E-state index contributed by atoms with van der Waals surface area (Å²) in [5, 5.41) is 7.86. The lowest BCUT2D eigenvalue weighted by Crippen LogP contribution is -2.33. The summed E-state index contributed by atoms with van der Waals surface area (Å²) in [7, 11) is 0. The number of benzene rings is 1. The van der Waals surface area contributed by atoms with Gasteiger partial charge in [0.15, 0.2) is 0 Å². The lowest BCUT2D eigenvalue weighted by atomic mass is 10.0. The molecule has 28 heavy (non-hydrogen) atoms. The van der Waals surface area contributed by atoms with Crippen molar-refractivity contribution in [1.82, 2.24) is 20.1 Å². The van der Waals surface area contributed by atoms with Gasteiger partial charge in [0.1, 0.15) is 5.82 Å². The fourth-order valence-corrected chi connectivity index (χ4v) is 3.06. The van der Waals surface area contributed by atoms with Crippen molar-refractivity contribution >= 4 is 5.70 Å². The zero-order chi connectivity index (χ0) is 20.5. The van der Waals surface area contributed by atoms with Gasteiger partial charge in [0, 0.05) is 34.6 Å². The first-order chi connectivity index (χ1) is 13.1. The van der Waals surface area contributed by atoms with Crippen molar-refractivity contribution in [1.29, 1.82) is 0 Å². The lowest BCUT2D eigenvalue weighted by Gasteiger charge is -2.24. The molecule has 4 nitrogen and oxygen atoms in total. The minimum absolute atomic E-state index is 0.115. The molecule has 0 aliphatic heterocycles. The molecule has 0 amide bonds. The van der Waals surface area contributed by atoms with Crippen LogP contribution in [0.4, 0.5) is 4.39 Å². The molecule has 146 valence electrons. The number of rotatable bonds is 5. The third kappa shape index (κ3) is 4.47. The average molecular weight is 378 g/mol. The van der Waals surface area contributed by atoms with Gasteiger partial charge >= 0.3 is 0 Å². The highest BCUT2D eigenvalue weighted by Gasteiger charge is 2.16. The average Bonchev–Trinajstić information content (AvgIpc) is 3.10. The van der Waals surface area contributed by atoms with E-state index in [1.807, 2.05) is 22.9 Å². The van der Waals surface area contributed by atoms with Crippen LogP contribution in [0.2, 0.25) is 0 Å². The number of aromatic nitrogens is 3. The monoisotopic (exact) mass is 378 g/mol. The molecule has 3 rings (SSSR count). The minimum atomic E-state index is -0.267. The molecule has 2 aromatic heterocycles. The van der Waals surface area contributed by atoms with E-state index < -0.39 is 0 Å². The Kier molecular flexibility index (Phi) is 5.36. The summed E-state index contributed by atoms with van der Waals surface area (Å²) in [6.07, 6.45) is 1.78. The van der Waals surface area contributed by atoms with Crippen LogP contribution >= 0.6 is 0 Å². The molecular formula is C23H27FN4. The van der Waals surface area contributed by atoms with Crippen molar-refractivity contribution in [2.75, 3.05) is 0 Å². The predicted octanol–water partition coefficient (Wildman–Crippen LogP) is 5.69. The summed E-state index contributed by atoms with van der Waals surface area (Å²) < 4.78 is 15.3. The zero-order valence-electron chi connectivity index (χ0n) is 17.1. The largest absolute Gasteiger partial charge is 0.380 e. The Labute approximate surface area is 166 Å². The zero-order valence-corrected chi connectivity index (χ0v) is 17.1. The van der Waals surface area contributed by atoms with Crippen molar-refractivity contribution in [3.8, 4) is 22.6 Å².